The predicted molar refractivity (Wildman–Crippen MR) is 45.6 cm³/mol. The zero-order valence-corrected chi connectivity index (χ0v) is 7.23. The normalized spacial score (nSPS) is 25.0. The van der Waals surface area contributed by atoms with Crippen LogP contribution in [0.5, 0.6) is 0 Å². The van der Waals surface area contributed by atoms with Crippen LogP contribution in [0.1, 0.15) is 39.0 Å². The molecule has 11 heavy (non-hydrogen) atoms. The Kier molecular flexibility index (Phi) is 3.57. The third kappa shape index (κ3) is 3.02. The molecule has 1 saturated heterocycles. The van der Waals surface area contributed by atoms with Crippen molar-refractivity contribution in [2.45, 2.75) is 45.1 Å². The highest BCUT2D eigenvalue weighted by molar-refractivity contribution is 5.78. The van der Waals surface area contributed by atoms with Crippen molar-refractivity contribution >= 4 is 5.78 Å². The minimum Gasteiger partial charge on any atom is -0.314 e. The van der Waals surface area contributed by atoms with Gasteiger partial charge >= 0.3 is 0 Å². The first-order chi connectivity index (χ1) is 5.33. The summed E-state index contributed by atoms with van der Waals surface area (Å²) in [7, 11) is 0. The van der Waals surface area contributed by atoms with E-state index in [1.807, 2.05) is 6.92 Å². The molecular weight excluding hydrogens is 138 g/mol. The fraction of sp³-hybridized carbons (Fsp3) is 0.889. The number of Topliss-reactive ketones (excluding diaryl/α,β-unsaturated/α-hetero) is 1. The van der Waals surface area contributed by atoms with Crippen LogP contribution < -0.4 is 5.32 Å². The van der Waals surface area contributed by atoms with Gasteiger partial charge in [0.2, 0.25) is 0 Å². The molecule has 0 bridgehead atoms. The Morgan fingerprint density at radius 2 is 2.36 bits per heavy atom. The molecule has 0 aromatic carbocycles. The average molecular weight is 155 g/mol. The summed E-state index contributed by atoms with van der Waals surface area (Å²) in [6.45, 7) is 3.03. The first-order valence-electron chi connectivity index (χ1n) is 4.58. The van der Waals surface area contributed by atoms with E-state index in [4.69, 9.17) is 0 Å². The topological polar surface area (TPSA) is 29.1 Å². The monoisotopic (exact) mass is 155 g/mol. The van der Waals surface area contributed by atoms with E-state index in [9.17, 15) is 4.79 Å². The molecule has 1 unspecified atom stereocenters. The van der Waals surface area contributed by atoms with Gasteiger partial charge in [-0.3, -0.25) is 4.79 Å². The fourth-order valence-electron chi connectivity index (χ4n) is 1.52. The Bertz CT molecular complexity index is 128. The minimum atomic E-state index is 0.393. The molecule has 1 atom stereocenters. The van der Waals surface area contributed by atoms with Crippen LogP contribution in [-0.2, 0) is 4.79 Å². The van der Waals surface area contributed by atoms with Crippen LogP contribution in [0.15, 0.2) is 0 Å². The Morgan fingerprint density at radius 1 is 1.55 bits per heavy atom. The van der Waals surface area contributed by atoms with Crippen LogP contribution in [0, 0.1) is 0 Å². The Balaban J connectivity index is 2.19. The number of carbonyl (C=O) groups is 1. The van der Waals surface area contributed by atoms with Crippen molar-refractivity contribution in [3.8, 4) is 0 Å². The van der Waals surface area contributed by atoms with E-state index in [1.165, 1.54) is 19.3 Å². The van der Waals surface area contributed by atoms with E-state index in [-0.39, 0.29) is 0 Å². The molecule has 0 spiro atoms. The number of hydrogen-bond acceptors (Lipinski definition) is 2. The SMILES string of the molecule is CCC(=O)CC1CCCCN1. The number of ketones is 1. The lowest BCUT2D eigenvalue weighted by Crippen LogP contribution is -2.35. The van der Waals surface area contributed by atoms with Crippen LogP contribution in [0.4, 0.5) is 0 Å². The van der Waals surface area contributed by atoms with Gasteiger partial charge in [-0.2, -0.15) is 0 Å². The maximum absolute atomic E-state index is 11.0. The molecule has 0 aliphatic carbocycles. The van der Waals surface area contributed by atoms with Gasteiger partial charge in [-0.05, 0) is 19.4 Å². The molecule has 1 fully saturated rings. The predicted octanol–water partition coefficient (Wildman–Crippen LogP) is 1.50. The van der Waals surface area contributed by atoms with Gasteiger partial charge in [0, 0.05) is 18.9 Å². The lowest BCUT2D eigenvalue weighted by molar-refractivity contribution is -0.119. The Hall–Kier alpha value is -0.370. The third-order valence-corrected chi connectivity index (χ3v) is 2.28. The molecule has 1 aliphatic heterocycles. The maximum atomic E-state index is 11.0. The summed E-state index contributed by atoms with van der Waals surface area (Å²) in [5, 5.41) is 3.36. The quantitative estimate of drug-likeness (QED) is 0.669. The standard InChI is InChI=1S/C9H17NO/c1-2-9(11)7-8-5-3-4-6-10-8/h8,10H,2-7H2,1H3. The Labute approximate surface area is 68.4 Å². The molecule has 0 amide bonds. The second-order valence-corrected chi connectivity index (χ2v) is 3.24. The molecule has 64 valence electrons. The third-order valence-electron chi connectivity index (χ3n) is 2.28. The highest BCUT2D eigenvalue weighted by atomic mass is 16.1. The van der Waals surface area contributed by atoms with Gasteiger partial charge in [0.05, 0.1) is 0 Å². The first kappa shape index (κ1) is 8.72. The van der Waals surface area contributed by atoms with Crippen molar-refractivity contribution in [2.24, 2.45) is 0 Å². The van der Waals surface area contributed by atoms with E-state index in [0.717, 1.165) is 13.0 Å². The zero-order valence-electron chi connectivity index (χ0n) is 7.23. The highest BCUT2D eigenvalue weighted by Crippen LogP contribution is 2.10. The molecule has 0 aromatic rings. The van der Waals surface area contributed by atoms with E-state index >= 15 is 0 Å². The first-order valence-corrected chi connectivity index (χ1v) is 4.58. The molecular formula is C9H17NO. The second kappa shape index (κ2) is 4.50. The molecule has 1 aliphatic rings. The number of rotatable bonds is 3. The zero-order chi connectivity index (χ0) is 8.10. The van der Waals surface area contributed by atoms with Gasteiger partial charge in [-0.1, -0.05) is 13.3 Å². The highest BCUT2D eigenvalue weighted by Gasteiger charge is 2.14. The second-order valence-electron chi connectivity index (χ2n) is 3.24. The summed E-state index contributed by atoms with van der Waals surface area (Å²) in [5.74, 6) is 0.393. The van der Waals surface area contributed by atoms with E-state index in [2.05, 4.69) is 5.32 Å². The molecule has 1 rings (SSSR count). The molecule has 1 heterocycles. The van der Waals surface area contributed by atoms with Crippen molar-refractivity contribution in [2.75, 3.05) is 6.54 Å². The summed E-state index contributed by atoms with van der Waals surface area (Å²) < 4.78 is 0. The van der Waals surface area contributed by atoms with Crippen LogP contribution in [0.3, 0.4) is 0 Å². The number of hydrogen-bond donors (Lipinski definition) is 1. The van der Waals surface area contributed by atoms with Crippen molar-refractivity contribution in [1.82, 2.24) is 5.32 Å². The van der Waals surface area contributed by atoms with Crippen molar-refractivity contribution < 1.29 is 4.79 Å². The van der Waals surface area contributed by atoms with Gasteiger partial charge in [-0.25, -0.2) is 0 Å². The molecule has 0 aromatic heterocycles. The maximum Gasteiger partial charge on any atom is 0.134 e. The summed E-state index contributed by atoms with van der Waals surface area (Å²) in [6, 6.07) is 0.483. The van der Waals surface area contributed by atoms with Crippen LogP contribution in [-0.4, -0.2) is 18.4 Å². The lowest BCUT2D eigenvalue weighted by atomic mass is 9.99. The van der Waals surface area contributed by atoms with Crippen molar-refractivity contribution in [3.63, 3.8) is 0 Å². The molecule has 2 nitrogen and oxygen atoms in total. The Morgan fingerprint density at radius 3 is 2.91 bits per heavy atom. The van der Waals surface area contributed by atoms with Gasteiger partial charge in [0.25, 0.3) is 0 Å². The molecule has 0 saturated carbocycles. The number of piperidine rings is 1. The summed E-state index contributed by atoms with van der Waals surface area (Å²) in [6.07, 6.45) is 5.19. The van der Waals surface area contributed by atoms with Gasteiger partial charge in [0.1, 0.15) is 5.78 Å². The lowest BCUT2D eigenvalue weighted by Gasteiger charge is -2.22. The molecule has 1 N–H and O–H groups in total. The van der Waals surface area contributed by atoms with Crippen LogP contribution >= 0.6 is 0 Å². The van der Waals surface area contributed by atoms with E-state index < -0.39 is 0 Å². The fourth-order valence-corrected chi connectivity index (χ4v) is 1.52. The number of nitrogens with one attached hydrogen (secondary N) is 1. The minimum absolute atomic E-state index is 0.393. The largest absolute Gasteiger partial charge is 0.314 e. The molecule has 0 radical (unpaired) electrons. The average Bonchev–Trinajstić information content (AvgIpc) is 2.06. The van der Waals surface area contributed by atoms with Gasteiger partial charge < -0.3 is 5.32 Å². The molecule has 2 heteroatoms. The van der Waals surface area contributed by atoms with Crippen LogP contribution in [0.2, 0.25) is 0 Å². The number of carbonyl (C=O) groups excluding carboxylic acids is 1. The van der Waals surface area contributed by atoms with E-state index in [1.54, 1.807) is 0 Å². The smallest absolute Gasteiger partial charge is 0.134 e. The summed E-state index contributed by atoms with van der Waals surface area (Å²) in [4.78, 5) is 11.0. The van der Waals surface area contributed by atoms with E-state index in [0.29, 0.717) is 18.2 Å². The van der Waals surface area contributed by atoms with Gasteiger partial charge in [-0.15, -0.1) is 0 Å². The van der Waals surface area contributed by atoms with Crippen LogP contribution in [0.25, 0.3) is 0 Å². The van der Waals surface area contributed by atoms with Crippen molar-refractivity contribution in [1.29, 1.82) is 0 Å². The van der Waals surface area contributed by atoms with Gasteiger partial charge in [0.15, 0.2) is 0 Å². The summed E-state index contributed by atoms with van der Waals surface area (Å²) >= 11 is 0. The summed E-state index contributed by atoms with van der Waals surface area (Å²) in [5.41, 5.74) is 0. The van der Waals surface area contributed by atoms with Crippen molar-refractivity contribution in [3.05, 3.63) is 0 Å².